The Hall–Kier alpha value is -2.23. The van der Waals surface area contributed by atoms with Crippen molar-refractivity contribution in [2.75, 3.05) is 25.0 Å². The van der Waals surface area contributed by atoms with Gasteiger partial charge in [0.15, 0.2) is 0 Å². The van der Waals surface area contributed by atoms with Crippen LogP contribution in [-0.2, 0) is 4.79 Å². The summed E-state index contributed by atoms with van der Waals surface area (Å²) < 4.78 is 1.91. The highest BCUT2D eigenvalue weighted by molar-refractivity contribution is 8.26. The summed E-state index contributed by atoms with van der Waals surface area (Å²) in [6, 6.07) is 5.24. The average molecular weight is 405 g/mol. The molecular weight excluding hydrogens is 384 g/mol. The van der Waals surface area contributed by atoms with Crippen molar-refractivity contribution in [3.05, 3.63) is 45.2 Å². The summed E-state index contributed by atoms with van der Waals surface area (Å²) in [5, 5.41) is 12.1. The van der Waals surface area contributed by atoms with Crippen molar-refractivity contribution in [2.45, 2.75) is 13.8 Å². The summed E-state index contributed by atoms with van der Waals surface area (Å²) in [6.45, 7) is 4.70. The molecule has 3 heterocycles. The van der Waals surface area contributed by atoms with Crippen LogP contribution in [-0.4, -0.2) is 49.3 Å². The minimum Gasteiger partial charge on any atom is -0.395 e. The van der Waals surface area contributed by atoms with E-state index in [1.165, 1.54) is 22.2 Å². The molecule has 3 rings (SSSR count). The first-order valence-corrected chi connectivity index (χ1v) is 9.76. The number of nitrogens with zero attached hydrogens (tertiary/aromatic N) is 3. The first-order chi connectivity index (χ1) is 12.9. The zero-order valence-electron chi connectivity index (χ0n) is 15.0. The average Bonchev–Trinajstić information content (AvgIpc) is 2.89. The predicted molar refractivity (Wildman–Crippen MR) is 112 cm³/mol. The maximum atomic E-state index is 13.0. The number of thioether (sulfide) groups is 1. The monoisotopic (exact) mass is 404 g/mol. The predicted octanol–water partition coefficient (Wildman–Crippen LogP) is 1.96. The first kappa shape index (κ1) is 19.5. The molecule has 142 valence electrons. The Morgan fingerprint density at radius 2 is 2.15 bits per heavy atom. The standard InChI is InChI=1S/C18H20N4O3S2/c1-11(2)10-22-17(25)13(27-18(22)26)9-12-15(19-6-8-23)20-14-5-3-4-7-21(14)16(12)24/h3-5,7,9,11,19,23H,6,8,10H2,1-2H3/b13-9-. The maximum Gasteiger partial charge on any atom is 0.267 e. The van der Waals surface area contributed by atoms with Crippen LogP contribution in [0.15, 0.2) is 34.1 Å². The Morgan fingerprint density at radius 1 is 1.37 bits per heavy atom. The number of hydrogen-bond acceptors (Lipinski definition) is 7. The normalized spacial score (nSPS) is 16.1. The molecule has 1 aliphatic heterocycles. The smallest absolute Gasteiger partial charge is 0.267 e. The summed E-state index contributed by atoms with van der Waals surface area (Å²) in [4.78, 5) is 32.1. The molecule has 1 aliphatic rings. The quantitative estimate of drug-likeness (QED) is 0.562. The molecule has 27 heavy (non-hydrogen) atoms. The van der Waals surface area contributed by atoms with E-state index >= 15 is 0 Å². The van der Waals surface area contributed by atoms with Gasteiger partial charge in [-0.25, -0.2) is 4.98 Å². The lowest BCUT2D eigenvalue weighted by Gasteiger charge is -2.16. The number of carbonyl (C=O) groups is 1. The summed E-state index contributed by atoms with van der Waals surface area (Å²) in [5.74, 6) is 0.403. The van der Waals surface area contributed by atoms with Crippen molar-refractivity contribution in [3.8, 4) is 0 Å². The molecule has 0 spiro atoms. The van der Waals surface area contributed by atoms with Crippen molar-refractivity contribution >= 4 is 51.7 Å². The van der Waals surface area contributed by atoms with E-state index in [9.17, 15) is 9.59 Å². The SMILES string of the molecule is CC(C)CN1C(=O)/C(=C/c2c(NCCO)nc3ccccn3c2=O)SC1=S. The van der Waals surface area contributed by atoms with E-state index < -0.39 is 0 Å². The van der Waals surface area contributed by atoms with E-state index in [1.807, 2.05) is 13.8 Å². The molecule has 1 fully saturated rings. The fourth-order valence-electron chi connectivity index (χ4n) is 2.70. The highest BCUT2D eigenvalue weighted by atomic mass is 32.2. The number of amides is 1. The van der Waals surface area contributed by atoms with Gasteiger partial charge < -0.3 is 10.4 Å². The Bertz CT molecular complexity index is 984. The highest BCUT2D eigenvalue weighted by Crippen LogP contribution is 2.33. The second-order valence-electron chi connectivity index (χ2n) is 6.44. The van der Waals surface area contributed by atoms with Crippen LogP contribution >= 0.6 is 24.0 Å². The molecule has 1 amide bonds. The summed E-state index contributed by atoms with van der Waals surface area (Å²) in [7, 11) is 0. The van der Waals surface area contributed by atoms with E-state index in [0.29, 0.717) is 27.2 Å². The molecular formula is C18H20N4O3S2. The van der Waals surface area contributed by atoms with Gasteiger partial charge in [0.05, 0.1) is 17.1 Å². The van der Waals surface area contributed by atoms with Crippen molar-refractivity contribution in [1.29, 1.82) is 0 Å². The number of carbonyl (C=O) groups excluding carboxylic acids is 1. The lowest BCUT2D eigenvalue weighted by molar-refractivity contribution is -0.122. The number of fused-ring (bicyclic) bond motifs is 1. The van der Waals surface area contributed by atoms with Crippen LogP contribution in [0.5, 0.6) is 0 Å². The van der Waals surface area contributed by atoms with Crippen molar-refractivity contribution in [2.24, 2.45) is 5.92 Å². The second-order valence-corrected chi connectivity index (χ2v) is 8.12. The highest BCUT2D eigenvalue weighted by Gasteiger charge is 2.32. The molecule has 2 N–H and O–H groups in total. The van der Waals surface area contributed by atoms with Crippen LogP contribution in [0.1, 0.15) is 19.4 Å². The van der Waals surface area contributed by atoms with Gasteiger partial charge in [0.25, 0.3) is 11.5 Å². The number of nitrogens with one attached hydrogen (secondary N) is 1. The van der Waals surface area contributed by atoms with Crippen LogP contribution in [0.4, 0.5) is 5.82 Å². The molecule has 7 nitrogen and oxygen atoms in total. The lowest BCUT2D eigenvalue weighted by atomic mass is 10.2. The third kappa shape index (κ3) is 4.05. The van der Waals surface area contributed by atoms with E-state index in [1.54, 1.807) is 29.3 Å². The number of anilines is 1. The number of aliphatic hydroxyl groups is 1. The van der Waals surface area contributed by atoms with Gasteiger partial charge in [-0.1, -0.05) is 43.9 Å². The number of rotatable bonds is 6. The lowest BCUT2D eigenvalue weighted by Crippen LogP contribution is -2.31. The number of hydrogen-bond donors (Lipinski definition) is 2. The molecule has 9 heteroatoms. The number of thiocarbonyl (C=S) groups is 1. The molecule has 0 saturated carbocycles. The summed E-state index contributed by atoms with van der Waals surface area (Å²) >= 11 is 6.50. The Kier molecular flexibility index (Phi) is 5.93. The molecule has 0 radical (unpaired) electrons. The zero-order chi connectivity index (χ0) is 19.6. The minimum atomic E-state index is -0.296. The Balaban J connectivity index is 2.09. The molecule has 1 saturated heterocycles. The van der Waals surface area contributed by atoms with Crippen molar-refractivity contribution in [1.82, 2.24) is 14.3 Å². The van der Waals surface area contributed by atoms with Crippen LogP contribution < -0.4 is 10.9 Å². The van der Waals surface area contributed by atoms with E-state index in [2.05, 4.69) is 10.3 Å². The number of aliphatic hydroxyl groups excluding tert-OH is 1. The zero-order valence-corrected chi connectivity index (χ0v) is 16.6. The number of aromatic nitrogens is 2. The third-order valence-electron chi connectivity index (χ3n) is 3.87. The van der Waals surface area contributed by atoms with E-state index in [-0.39, 0.29) is 36.1 Å². The molecule has 0 bridgehead atoms. The minimum absolute atomic E-state index is 0.105. The Labute approximate surface area is 166 Å². The molecule has 0 aliphatic carbocycles. The van der Waals surface area contributed by atoms with Gasteiger partial charge in [-0.2, -0.15) is 0 Å². The fraction of sp³-hybridized carbons (Fsp3) is 0.333. The third-order valence-corrected chi connectivity index (χ3v) is 5.25. The van der Waals surface area contributed by atoms with Crippen molar-refractivity contribution < 1.29 is 9.90 Å². The van der Waals surface area contributed by atoms with Crippen LogP contribution in [0.3, 0.4) is 0 Å². The van der Waals surface area contributed by atoms with Gasteiger partial charge >= 0.3 is 0 Å². The summed E-state index contributed by atoms with van der Waals surface area (Å²) in [6.07, 6.45) is 3.16. The second kappa shape index (κ2) is 8.20. The molecule has 0 aromatic carbocycles. The van der Waals surface area contributed by atoms with Crippen LogP contribution in [0, 0.1) is 5.92 Å². The first-order valence-electron chi connectivity index (χ1n) is 8.54. The largest absolute Gasteiger partial charge is 0.395 e. The molecule has 0 atom stereocenters. The molecule has 2 aromatic heterocycles. The topological polar surface area (TPSA) is 86.9 Å². The van der Waals surface area contributed by atoms with Gasteiger partial charge in [-0.05, 0) is 24.1 Å². The molecule has 0 unspecified atom stereocenters. The van der Waals surface area contributed by atoms with E-state index in [0.717, 1.165) is 0 Å². The van der Waals surface area contributed by atoms with Gasteiger partial charge in [-0.15, -0.1) is 0 Å². The number of pyridine rings is 1. The van der Waals surface area contributed by atoms with Crippen LogP contribution in [0.2, 0.25) is 0 Å². The van der Waals surface area contributed by atoms with E-state index in [4.69, 9.17) is 17.3 Å². The van der Waals surface area contributed by atoms with Gasteiger partial charge in [0.1, 0.15) is 15.8 Å². The van der Waals surface area contributed by atoms with Crippen molar-refractivity contribution in [3.63, 3.8) is 0 Å². The van der Waals surface area contributed by atoms with Gasteiger partial charge in [0.2, 0.25) is 0 Å². The van der Waals surface area contributed by atoms with Crippen LogP contribution in [0.25, 0.3) is 11.7 Å². The summed E-state index contributed by atoms with van der Waals surface area (Å²) in [5.41, 5.74) is 0.444. The maximum absolute atomic E-state index is 13.0. The van der Waals surface area contributed by atoms with Gasteiger partial charge in [0, 0.05) is 19.3 Å². The molecule has 2 aromatic rings. The fourth-order valence-corrected chi connectivity index (χ4v) is 3.95. The Morgan fingerprint density at radius 3 is 2.85 bits per heavy atom. The van der Waals surface area contributed by atoms with Gasteiger partial charge in [-0.3, -0.25) is 18.9 Å².